The third-order valence-electron chi connectivity index (χ3n) is 1.68. The summed E-state index contributed by atoms with van der Waals surface area (Å²) < 4.78 is 8.75. The zero-order valence-corrected chi connectivity index (χ0v) is 8.51. The van der Waals surface area contributed by atoms with E-state index in [0.29, 0.717) is 10.6 Å². The Morgan fingerprint density at radius 3 is 2.69 bits per heavy atom. The molecule has 0 fully saturated rings. The van der Waals surface area contributed by atoms with Crippen LogP contribution in [0.3, 0.4) is 0 Å². The summed E-state index contributed by atoms with van der Waals surface area (Å²) in [6.45, 7) is 0. The Labute approximate surface area is 94.4 Å². The second-order valence-electron chi connectivity index (χ2n) is 2.76. The second-order valence-corrected chi connectivity index (χ2v) is 3.20. The number of benzene rings is 1. The summed E-state index contributed by atoms with van der Waals surface area (Å²) in [6.07, 6.45) is -1.93. The zero-order valence-electron chi connectivity index (χ0n) is 7.75. The maximum Gasteiger partial charge on any atom is 0.514 e. The van der Waals surface area contributed by atoms with Crippen molar-refractivity contribution in [1.29, 1.82) is 0 Å². The van der Waals surface area contributed by atoms with Crippen LogP contribution >= 0.6 is 11.6 Å². The van der Waals surface area contributed by atoms with Crippen molar-refractivity contribution < 1.29 is 19.2 Å². The third-order valence-corrected chi connectivity index (χ3v) is 1.94. The minimum atomic E-state index is -1.51. The summed E-state index contributed by atoms with van der Waals surface area (Å²) in [6, 6.07) is 6.67. The highest BCUT2D eigenvalue weighted by atomic mass is 35.5. The van der Waals surface area contributed by atoms with E-state index in [4.69, 9.17) is 16.7 Å². The number of halogens is 1. The molecule has 0 amide bonds. The zero-order chi connectivity index (χ0) is 11.5. The van der Waals surface area contributed by atoms with E-state index in [1.54, 1.807) is 24.3 Å². The van der Waals surface area contributed by atoms with Crippen LogP contribution in [-0.4, -0.2) is 21.4 Å². The molecule has 0 aliphatic rings. The van der Waals surface area contributed by atoms with Crippen molar-refractivity contribution in [2.24, 2.45) is 0 Å². The Morgan fingerprint density at radius 1 is 1.38 bits per heavy atom. The van der Waals surface area contributed by atoms with Crippen LogP contribution in [0.4, 0.5) is 4.79 Å². The number of aromatic nitrogens is 2. The van der Waals surface area contributed by atoms with E-state index in [1.807, 2.05) is 0 Å². The molecule has 2 rings (SSSR count). The Balaban J connectivity index is 2.24. The largest absolute Gasteiger partial charge is 0.514 e. The van der Waals surface area contributed by atoms with E-state index < -0.39 is 12.2 Å². The van der Waals surface area contributed by atoms with Gasteiger partial charge in [-0.3, -0.25) is 4.52 Å². The molecule has 1 aromatic carbocycles. The Kier molecular flexibility index (Phi) is 2.74. The lowest BCUT2D eigenvalue weighted by Gasteiger charge is -1.92. The summed E-state index contributed by atoms with van der Waals surface area (Å²) in [5.74, 6) is 0.230. The third kappa shape index (κ3) is 2.29. The van der Waals surface area contributed by atoms with E-state index in [-0.39, 0.29) is 5.82 Å². The summed E-state index contributed by atoms with van der Waals surface area (Å²) >= 11 is 5.71. The minimum absolute atomic E-state index is 0.230. The molecule has 0 unspecified atom stereocenters. The van der Waals surface area contributed by atoms with Gasteiger partial charge in [0.25, 0.3) is 0 Å². The molecule has 0 atom stereocenters. The van der Waals surface area contributed by atoms with Crippen molar-refractivity contribution in [3.8, 4) is 17.5 Å². The first kappa shape index (κ1) is 10.4. The Morgan fingerprint density at radius 2 is 2.06 bits per heavy atom. The number of nitrogens with zero attached hydrogens (tertiary/aromatic N) is 2. The molecule has 16 heavy (non-hydrogen) atoms. The highest BCUT2D eigenvalue weighted by Crippen LogP contribution is 2.20. The maximum absolute atomic E-state index is 10.2. The molecule has 7 heteroatoms. The lowest BCUT2D eigenvalue weighted by atomic mass is 10.2. The van der Waals surface area contributed by atoms with Crippen molar-refractivity contribution >= 4 is 17.8 Å². The van der Waals surface area contributed by atoms with Crippen molar-refractivity contribution in [2.75, 3.05) is 0 Å². The van der Waals surface area contributed by atoms with E-state index in [0.717, 1.165) is 0 Å². The van der Waals surface area contributed by atoms with Gasteiger partial charge in [0.15, 0.2) is 0 Å². The number of hydrogen-bond donors (Lipinski definition) is 1. The molecule has 0 aliphatic carbocycles. The minimum Gasteiger partial charge on any atom is -0.449 e. The van der Waals surface area contributed by atoms with E-state index >= 15 is 0 Å². The highest BCUT2D eigenvalue weighted by molar-refractivity contribution is 6.30. The number of hydrogen-bond acceptors (Lipinski definition) is 5. The first-order valence-corrected chi connectivity index (χ1v) is 4.53. The lowest BCUT2D eigenvalue weighted by Crippen LogP contribution is -2.02. The maximum atomic E-state index is 10.2. The molecule has 82 valence electrons. The normalized spacial score (nSPS) is 10.1. The van der Waals surface area contributed by atoms with Crippen LogP contribution in [0, 0.1) is 0 Å². The first-order valence-electron chi connectivity index (χ1n) is 4.15. The summed E-state index contributed by atoms with van der Waals surface area (Å²) in [7, 11) is 0. The van der Waals surface area contributed by atoms with Crippen molar-refractivity contribution in [1.82, 2.24) is 10.1 Å². The summed E-state index contributed by atoms with van der Waals surface area (Å²) in [5.41, 5.74) is 0.647. The fraction of sp³-hybridized carbons (Fsp3) is 0. The van der Waals surface area contributed by atoms with Crippen LogP contribution in [0.5, 0.6) is 6.08 Å². The molecule has 0 spiro atoms. The quantitative estimate of drug-likeness (QED) is 0.812. The second kappa shape index (κ2) is 4.19. The smallest absolute Gasteiger partial charge is 0.449 e. The average molecular weight is 241 g/mol. The molecule has 0 aliphatic heterocycles. The standard InChI is InChI=1S/C9H5ClN2O4/c10-6-3-1-5(2-4-6)7-11-8(16-12-7)15-9(13)14/h1-4H,(H,13,14). The SMILES string of the molecule is O=C(O)Oc1nc(-c2ccc(Cl)cc2)no1. The molecular formula is C9H5ClN2O4. The van der Waals surface area contributed by atoms with Crippen molar-refractivity contribution in [3.05, 3.63) is 29.3 Å². The number of rotatable bonds is 2. The van der Waals surface area contributed by atoms with Gasteiger partial charge in [0.1, 0.15) is 0 Å². The van der Waals surface area contributed by atoms with Crippen LogP contribution in [-0.2, 0) is 0 Å². The number of ether oxygens (including phenoxy) is 1. The van der Waals surface area contributed by atoms with Gasteiger partial charge in [-0.1, -0.05) is 16.8 Å². The average Bonchev–Trinajstić information content (AvgIpc) is 2.66. The summed E-state index contributed by atoms with van der Waals surface area (Å²) in [5, 5.41) is 12.4. The van der Waals surface area contributed by atoms with Gasteiger partial charge in [-0.05, 0) is 24.3 Å². The molecule has 0 saturated carbocycles. The fourth-order valence-electron chi connectivity index (χ4n) is 1.04. The Hall–Kier alpha value is -2.08. The fourth-order valence-corrected chi connectivity index (χ4v) is 1.17. The topological polar surface area (TPSA) is 85.5 Å². The van der Waals surface area contributed by atoms with Crippen LogP contribution in [0.1, 0.15) is 0 Å². The number of carboxylic acid groups (broad SMARTS) is 1. The molecular weight excluding hydrogens is 236 g/mol. The van der Waals surface area contributed by atoms with E-state index in [1.165, 1.54) is 0 Å². The molecule has 0 bridgehead atoms. The van der Waals surface area contributed by atoms with Gasteiger partial charge >= 0.3 is 12.2 Å². The van der Waals surface area contributed by atoms with Gasteiger partial charge in [-0.2, -0.15) is 4.98 Å². The molecule has 6 nitrogen and oxygen atoms in total. The molecule has 1 heterocycles. The predicted molar refractivity (Wildman–Crippen MR) is 53.4 cm³/mol. The van der Waals surface area contributed by atoms with E-state index in [9.17, 15) is 4.79 Å². The lowest BCUT2D eigenvalue weighted by molar-refractivity contribution is 0.125. The highest BCUT2D eigenvalue weighted by Gasteiger charge is 2.12. The van der Waals surface area contributed by atoms with Crippen LogP contribution in [0.15, 0.2) is 28.8 Å². The van der Waals surface area contributed by atoms with Gasteiger partial charge in [0.2, 0.25) is 5.82 Å². The molecule has 0 radical (unpaired) electrons. The monoisotopic (exact) mass is 240 g/mol. The van der Waals surface area contributed by atoms with Crippen LogP contribution < -0.4 is 4.74 Å². The van der Waals surface area contributed by atoms with Crippen molar-refractivity contribution in [2.45, 2.75) is 0 Å². The molecule has 1 N–H and O–H groups in total. The van der Waals surface area contributed by atoms with Gasteiger partial charge < -0.3 is 9.84 Å². The van der Waals surface area contributed by atoms with Gasteiger partial charge in [-0.25, -0.2) is 4.79 Å². The van der Waals surface area contributed by atoms with Crippen molar-refractivity contribution in [3.63, 3.8) is 0 Å². The Bertz CT molecular complexity index is 508. The molecule has 1 aromatic heterocycles. The van der Waals surface area contributed by atoms with E-state index in [2.05, 4.69) is 19.4 Å². The van der Waals surface area contributed by atoms with Gasteiger partial charge in [0, 0.05) is 10.6 Å². The molecule has 2 aromatic rings. The van der Waals surface area contributed by atoms with Gasteiger partial charge in [-0.15, -0.1) is 0 Å². The first-order chi connectivity index (χ1) is 7.65. The van der Waals surface area contributed by atoms with Gasteiger partial charge in [0.05, 0.1) is 0 Å². The van der Waals surface area contributed by atoms with Crippen LogP contribution in [0.25, 0.3) is 11.4 Å². The number of carbonyl (C=O) groups is 1. The summed E-state index contributed by atoms with van der Waals surface area (Å²) in [4.78, 5) is 13.9. The molecule has 0 saturated heterocycles. The predicted octanol–water partition coefficient (Wildman–Crippen LogP) is 2.45. The van der Waals surface area contributed by atoms with Crippen LogP contribution in [0.2, 0.25) is 5.02 Å².